The summed E-state index contributed by atoms with van der Waals surface area (Å²) >= 11 is 1.51. The molecule has 17 heavy (non-hydrogen) atoms. The molecule has 2 nitrogen and oxygen atoms in total. The molecule has 1 aromatic carbocycles. The molecular formula is C14H12O2S. The molecule has 0 bridgehead atoms. The second-order valence-corrected chi connectivity index (χ2v) is 5.02. The lowest BCUT2D eigenvalue weighted by Gasteiger charge is -2.24. The molecule has 2 heterocycles. The van der Waals surface area contributed by atoms with Gasteiger partial charge in [0.05, 0.1) is 17.4 Å². The molecule has 1 aromatic heterocycles. The van der Waals surface area contributed by atoms with Crippen LogP contribution in [-0.2, 0) is 0 Å². The Balaban J connectivity index is 1.98. The highest BCUT2D eigenvalue weighted by Gasteiger charge is 2.28. The summed E-state index contributed by atoms with van der Waals surface area (Å²) in [6.07, 6.45) is 0.772. The molecule has 0 radical (unpaired) electrons. The van der Waals surface area contributed by atoms with E-state index in [2.05, 4.69) is 0 Å². The van der Waals surface area contributed by atoms with Gasteiger partial charge in [-0.15, -0.1) is 11.3 Å². The first-order chi connectivity index (χ1) is 8.36. The van der Waals surface area contributed by atoms with Crippen molar-refractivity contribution in [3.05, 3.63) is 52.2 Å². The van der Waals surface area contributed by atoms with E-state index in [1.165, 1.54) is 11.3 Å². The summed E-state index contributed by atoms with van der Waals surface area (Å²) in [5, 5.41) is 1.94. The van der Waals surface area contributed by atoms with Crippen LogP contribution in [-0.4, -0.2) is 12.4 Å². The molecule has 2 aromatic rings. The second kappa shape index (κ2) is 4.34. The smallest absolute Gasteiger partial charge is 0.180 e. The minimum absolute atomic E-state index is 0.0430. The zero-order valence-corrected chi connectivity index (χ0v) is 10.1. The van der Waals surface area contributed by atoms with Crippen LogP contribution < -0.4 is 4.74 Å². The Bertz CT molecular complexity index is 531. The summed E-state index contributed by atoms with van der Waals surface area (Å²) < 4.78 is 5.57. The maximum absolute atomic E-state index is 12.4. The zero-order chi connectivity index (χ0) is 11.7. The number of thiophene rings is 1. The van der Waals surface area contributed by atoms with E-state index < -0.39 is 0 Å². The molecule has 3 rings (SSSR count). The fraction of sp³-hybridized carbons (Fsp3) is 0.214. The van der Waals surface area contributed by atoms with Gasteiger partial charge >= 0.3 is 0 Å². The van der Waals surface area contributed by atoms with E-state index in [-0.39, 0.29) is 11.7 Å². The Morgan fingerprint density at radius 3 is 2.94 bits per heavy atom. The van der Waals surface area contributed by atoms with Crippen LogP contribution in [0.25, 0.3) is 0 Å². The van der Waals surface area contributed by atoms with E-state index in [9.17, 15) is 4.79 Å². The van der Waals surface area contributed by atoms with Gasteiger partial charge in [-0.25, -0.2) is 0 Å². The number of para-hydroxylation sites is 1. The maximum atomic E-state index is 12.4. The second-order valence-electron chi connectivity index (χ2n) is 4.07. The Hall–Kier alpha value is -1.61. The van der Waals surface area contributed by atoms with Gasteiger partial charge in [-0.3, -0.25) is 4.79 Å². The third-order valence-corrected chi connectivity index (χ3v) is 3.92. The van der Waals surface area contributed by atoms with Crippen LogP contribution in [0.4, 0.5) is 0 Å². The molecule has 86 valence electrons. The van der Waals surface area contributed by atoms with Gasteiger partial charge in [-0.2, -0.15) is 0 Å². The minimum atomic E-state index is -0.0430. The number of hydrogen-bond donors (Lipinski definition) is 0. The van der Waals surface area contributed by atoms with E-state index in [4.69, 9.17) is 4.74 Å². The third-order valence-electron chi connectivity index (χ3n) is 3.04. The number of ether oxygens (including phenoxy) is 1. The van der Waals surface area contributed by atoms with Crippen LogP contribution in [0.15, 0.2) is 41.8 Å². The van der Waals surface area contributed by atoms with E-state index in [0.29, 0.717) is 6.61 Å². The molecule has 1 atom stereocenters. The molecule has 1 aliphatic rings. The van der Waals surface area contributed by atoms with Gasteiger partial charge in [0.15, 0.2) is 5.78 Å². The Labute approximate surface area is 104 Å². The zero-order valence-electron chi connectivity index (χ0n) is 9.26. The first-order valence-electron chi connectivity index (χ1n) is 5.66. The van der Waals surface area contributed by atoms with Crippen molar-refractivity contribution in [2.75, 3.05) is 6.61 Å². The number of carbonyl (C=O) groups excluding carboxylic acids is 1. The van der Waals surface area contributed by atoms with Crippen molar-refractivity contribution in [2.24, 2.45) is 0 Å². The molecule has 0 fully saturated rings. The normalized spacial score (nSPS) is 18.2. The summed E-state index contributed by atoms with van der Waals surface area (Å²) in [6, 6.07) is 11.6. The quantitative estimate of drug-likeness (QED) is 0.756. The highest BCUT2D eigenvalue weighted by atomic mass is 32.1. The molecular weight excluding hydrogens is 232 g/mol. The largest absolute Gasteiger partial charge is 0.493 e. The average Bonchev–Trinajstić information content (AvgIpc) is 2.91. The van der Waals surface area contributed by atoms with Crippen LogP contribution >= 0.6 is 11.3 Å². The van der Waals surface area contributed by atoms with Gasteiger partial charge in [0.25, 0.3) is 0 Å². The topological polar surface area (TPSA) is 26.3 Å². The fourth-order valence-electron chi connectivity index (χ4n) is 2.20. The highest BCUT2D eigenvalue weighted by Crippen LogP contribution is 2.36. The van der Waals surface area contributed by atoms with Crippen LogP contribution in [0.2, 0.25) is 0 Å². The van der Waals surface area contributed by atoms with Crippen molar-refractivity contribution >= 4 is 17.1 Å². The lowest BCUT2D eigenvalue weighted by molar-refractivity contribution is 0.0937. The van der Waals surface area contributed by atoms with Crippen LogP contribution in [0.1, 0.15) is 27.6 Å². The van der Waals surface area contributed by atoms with E-state index in [0.717, 1.165) is 22.6 Å². The Kier molecular flexibility index (Phi) is 2.69. The Morgan fingerprint density at radius 2 is 2.12 bits per heavy atom. The summed E-state index contributed by atoms with van der Waals surface area (Å²) in [5.41, 5.74) is 1.03. The highest BCUT2D eigenvalue weighted by molar-refractivity contribution is 7.12. The predicted molar refractivity (Wildman–Crippen MR) is 67.9 cm³/mol. The summed E-state index contributed by atoms with van der Waals surface area (Å²) in [7, 11) is 0. The number of ketones is 1. The van der Waals surface area contributed by atoms with Gasteiger partial charge in [-0.1, -0.05) is 24.3 Å². The number of rotatable bonds is 2. The molecule has 0 N–H and O–H groups in total. The molecule has 1 aliphatic heterocycles. The number of Topliss-reactive ketones (excluding diaryl/α,β-unsaturated/α-hetero) is 1. The van der Waals surface area contributed by atoms with E-state index >= 15 is 0 Å². The number of benzene rings is 1. The van der Waals surface area contributed by atoms with Gasteiger partial charge in [0.1, 0.15) is 5.75 Å². The number of carbonyl (C=O) groups is 1. The van der Waals surface area contributed by atoms with Gasteiger partial charge in [0.2, 0.25) is 0 Å². The van der Waals surface area contributed by atoms with Crippen molar-refractivity contribution in [1.82, 2.24) is 0 Å². The maximum Gasteiger partial charge on any atom is 0.180 e. The van der Waals surface area contributed by atoms with Crippen molar-refractivity contribution in [2.45, 2.75) is 12.3 Å². The first kappa shape index (κ1) is 10.5. The summed E-state index contributed by atoms with van der Waals surface area (Å²) in [4.78, 5) is 13.2. The van der Waals surface area contributed by atoms with Crippen molar-refractivity contribution < 1.29 is 9.53 Å². The van der Waals surface area contributed by atoms with Gasteiger partial charge in [-0.05, 0) is 23.9 Å². The molecule has 0 aliphatic carbocycles. The average molecular weight is 244 g/mol. The van der Waals surface area contributed by atoms with Crippen molar-refractivity contribution in [1.29, 1.82) is 0 Å². The Morgan fingerprint density at radius 1 is 1.24 bits per heavy atom. The predicted octanol–water partition coefficient (Wildman–Crippen LogP) is 3.50. The lowest BCUT2D eigenvalue weighted by atomic mass is 9.89. The van der Waals surface area contributed by atoms with E-state index in [1.807, 2.05) is 41.8 Å². The monoisotopic (exact) mass is 244 g/mol. The molecule has 3 heteroatoms. The summed E-state index contributed by atoms with van der Waals surface area (Å²) in [5.74, 6) is 1.03. The summed E-state index contributed by atoms with van der Waals surface area (Å²) in [6.45, 7) is 0.624. The SMILES string of the molecule is O=C(c1cccs1)C1CCOc2ccccc21. The third kappa shape index (κ3) is 1.87. The van der Waals surface area contributed by atoms with E-state index in [1.54, 1.807) is 0 Å². The van der Waals surface area contributed by atoms with Gasteiger partial charge in [0, 0.05) is 5.56 Å². The molecule has 0 saturated carbocycles. The standard InChI is InChI=1S/C14H12O2S/c15-14(13-6-3-9-17-13)11-7-8-16-12-5-2-1-4-10(11)12/h1-6,9,11H,7-8H2. The number of hydrogen-bond acceptors (Lipinski definition) is 3. The molecule has 0 amide bonds. The first-order valence-corrected chi connectivity index (χ1v) is 6.53. The molecule has 0 spiro atoms. The molecule has 0 saturated heterocycles. The minimum Gasteiger partial charge on any atom is -0.493 e. The van der Waals surface area contributed by atoms with Crippen LogP contribution in [0.5, 0.6) is 5.75 Å². The lowest BCUT2D eigenvalue weighted by Crippen LogP contribution is -2.20. The number of fused-ring (bicyclic) bond motifs is 1. The fourth-order valence-corrected chi connectivity index (χ4v) is 2.92. The van der Waals surface area contributed by atoms with Crippen LogP contribution in [0.3, 0.4) is 0 Å². The van der Waals surface area contributed by atoms with Crippen molar-refractivity contribution in [3.8, 4) is 5.75 Å². The van der Waals surface area contributed by atoms with Gasteiger partial charge < -0.3 is 4.74 Å². The van der Waals surface area contributed by atoms with Crippen molar-refractivity contribution in [3.63, 3.8) is 0 Å². The molecule has 1 unspecified atom stereocenters. The van der Waals surface area contributed by atoms with Crippen LogP contribution in [0, 0.1) is 0 Å².